The smallest absolute Gasteiger partial charge is 0.162 e. The molecule has 0 radical (unpaired) electrons. The van der Waals surface area contributed by atoms with E-state index in [-0.39, 0.29) is 5.82 Å². The molecule has 146 valence electrons. The van der Waals surface area contributed by atoms with E-state index in [1.54, 1.807) is 65.9 Å². The molecule has 1 atom stereocenters. The van der Waals surface area contributed by atoms with Crippen molar-refractivity contribution >= 4 is 0 Å². The van der Waals surface area contributed by atoms with E-state index in [2.05, 4.69) is 25.5 Å². The van der Waals surface area contributed by atoms with Crippen LogP contribution in [0.3, 0.4) is 0 Å². The summed E-state index contributed by atoms with van der Waals surface area (Å²) in [5, 5.41) is 24.3. The van der Waals surface area contributed by atoms with Crippen LogP contribution in [0.15, 0.2) is 73.3 Å². The summed E-state index contributed by atoms with van der Waals surface area (Å²) in [4.78, 5) is 8.38. The highest BCUT2D eigenvalue weighted by Gasteiger charge is 2.45. The molecule has 0 fully saturated rings. The maximum absolute atomic E-state index is 13.7. The van der Waals surface area contributed by atoms with Crippen molar-refractivity contribution in [3.8, 4) is 0 Å². The topological polar surface area (TPSA) is 89.6 Å². The highest BCUT2D eigenvalue weighted by Crippen LogP contribution is 2.45. The molecule has 0 saturated carbocycles. The first-order valence-corrected chi connectivity index (χ1v) is 9.19. The number of aliphatic hydroxyl groups is 1. The fourth-order valence-corrected chi connectivity index (χ4v) is 3.55. The van der Waals surface area contributed by atoms with Crippen LogP contribution in [0.4, 0.5) is 4.39 Å². The van der Waals surface area contributed by atoms with E-state index in [1.807, 2.05) is 6.92 Å². The maximum Gasteiger partial charge on any atom is 0.162 e. The maximum atomic E-state index is 13.7. The van der Waals surface area contributed by atoms with Crippen molar-refractivity contribution in [2.45, 2.75) is 25.0 Å². The molecular formula is C21H19FN6O. The number of hydrogen-bond acceptors (Lipinski definition) is 6. The normalized spacial score (nSPS) is 12.7. The quantitative estimate of drug-likeness (QED) is 0.544. The van der Waals surface area contributed by atoms with Crippen molar-refractivity contribution in [3.63, 3.8) is 0 Å². The summed E-state index contributed by atoms with van der Waals surface area (Å²) < 4.78 is 15.3. The lowest BCUT2D eigenvalue weighted by Gasteiger charge is -2.36. The number of aryl methyl sites for hydroxylation is 1. The van der Waals surface area contributed by atoms with E-state index >= 15 is 0 Å². The van der Waals surface area contributed by atoms with Crippen molar-refractivity contribution in [2.24, 2.45) is 0 Å². The van der Waals surface area contributed by atoms with Crippen LogP contribution in [0.25, 0.3) is 0 Å². The van der Waals surface area contributed by atoms with Crippen LogP contribution in [0.1, 0.15) is 35.4 Å². The Morgan fingerprint density at radius 1 is 1.00 bits per heavy atom. The zero-order chi connectivity index (χ0) is 20.3. The van der Waals surface area contributed by atoms with Gasteiger partial charge in [0.15, 0.2) is 5.82 Å². The number of halogens is 1. The molecule has 0 aliphatic rings. The minimum atomic E-state index is -1.60. The van der Waals surface area contributed by atoms with E-state index in [0.717, 1.165) is 0 Å². The molecule has 4 rings (SSSR count). The molecule has 0 aliphatic carbocycles. The fourth-order valence-electron chi connectivity index (χ4n) is 3.55. The van der Waals surface area contributed by atoms with Gasteiger partial charge in [0.25, 0.3) is 0 Å². The zero-order valence-electron chi connectivity index (χ0n) is 15.7. The standard InChI is InChI=1S/C21H19FN6O/c1-2-28-20(25-26-27-28)19(15-7-9-18(22)10-8-15)21(29,16-5-3-11-23-13-16)17-6-4-12-24-14-17/h3-14,19,29H,2H2,1H3. The van der Waals surface area contributed by atoms with E-state index < -0.39 is 11.5 Å². The Kier molecular flexibility index (Phi) is 5.09. The Labute approximate surface area is 166 Å². The predicted molar refractivity (Wildman–Crippen MR) is 103 cm³/mol. The average Bonchev–Trinajstić information content (AvgIpc) is 3.24. The first-order valence-electron chi connectivity index (χ1n) is 9.19. The minimum Gasteiger partial charge on any atom is -0.379 e. The molecule has 3 heterocycles. The predicted octanol–water partition coefficient (Wildman–Crippen LogP) is 2.69. The summed E-state index contributed by atoms with van der Waals surface area (Å²) in [6.45, 7) is 2.42. The third-order valence-corrected chi connectivity index (χ3v) is 4.94. The second-order valence-electron chi connectivity index (χ2n) is 6.59. The van der Waals surface area contributed by atoms with Gasteiger partial charge in [0, 0.05) is 42.5 Å². The zero-order valence-corrected chi connectivity index (χ0v) is 15.7. The molecule has 1 N–H and O–H groups in total. The van der Waals surface area contributed by atoms with E-state index in [9.17, 15) is 9.50 Å². The third-order valence-electron chi connectivity index (χ3n) is 4.94. The summed E-state index contributed by atoms with van der Waals surface area (Å²) in [5.41, 5.74) is 0.161. The van der Waals surface area contributed by atoms with Gasteiger partial charge in [-0.1, -0.05) is 24.3 Å². The summed E-state index contributed by atoms with van der Waals surface area (Å²) in [6, 6.07) is 13.1. The number of tetrazole rings is 1. The fraction of sp³-hybridized carbons (Fsp3) is 0.190. The molecule has 8 heteroatoms. The van der Waals surface area contributed by atoms with Gasteiger partial charge in [-0.3, -0.25) is 9.97 Å². The van der Waals surface area contributed by atoms with Crippen LogP contribution in [-0.2, 0) is 12.1 Å². The number of benzene rings is 1. The molecule has 0 spiro atoms. The van der Waals surface area contributed by atoms with Crippen LogP contribution >= 0.6 is 0 Å². The number of rotatable bonds is 6. The molecule has 0 aliphatic heterocycles. The van der Waals surface area contributed by atoms with Gasteiger partial charge in [-0.2, -0.15) is 0 Å². The van der Waals surface area contributed by atoms with Crippen LogP contribution in [0.5, 0.6) is 0 Å². The monoisotopic (exact) mass is 390 g/mol. The lowest BCUT2D eigenvalue weighted by molar-refractivity contribution is 0.0575. The van der Waals surface area contributed by atoms with Crippen LogP contribution in [0.2, 0.25) is 0 Å². The Hall–Kier alpha value is -3.52. The van der Waals surface area contributed by atoms with E-state index in [1.165, 1.54) is 12.1 Å². The summed E-state index contributed by atoms with van der Waals surface area (Å²) >= 11 is 0. The average molecular weight is 390 g/mol. The Morgan fingerprint density at radius 3 is 2.14 bits per heavy atom. The van der Waals surface area contributed by atoms with Crippen molar-refractivity contribution in [3.05, 3.63) is 102 Å². The molecule has 1 unspecified atom stereocenters. The second-order valence-corrected chi connectivity index (χ2v) is 6.59. The molecule has 29 heavy (non-hydrogen) atoms. The second kappa shape index (κ2) is 7.84. The van der Waals surface area contributed by atoms with Gasteiger partial charge in [-0.25, -0.2) is 9.07 Å². The number of nitrogens with zero attached hydrogens (tertiary/aromatic N) is 6. The molecular weight excluding hydrogens is 371 g/mol. The first-order chi connectivity index (χ1) is 14.1. The first kappa shape index (κ1) is 18.8. The largest absolute Gasteiger partial charge is 0.379 e. The van der Waals surface area contributed by atoms with E-state index in [4.69, 9.17) is 0 Å². The Morgan fingerprint density at radius 2 is 1.62 bits per heavy atom. The van der Waals surface area contributed by atoms with Gasteiger partial charge in [-0.05, 0) is 47.2 Å². The molecule has 0 bridgehead atoms. The Balaban J connectivity index is 2.02. The highest BCUT2D eigenvalue weighted by atomic mass is 19.1. The van der Waals surface area contributed by atoms with Crippen LogP contribution in [-0.4, -0.2) is 35.3 Å². The lowest BCUT2D eigenvalue weighted by atomic mass is 9.73. The molecule has 0 amide bonds. The van der Waals surface area contributed by atoms with Crippen molar-refractivity contribution < 1.29 is 9.50 Å². The van der Waals surface area contributed by atoms with Gasteiger partial charge in [0.05, 0.1) is 5.92 Å². The molecule has 0 saturated heterocycles. The van der Waals surface area contributed by atoms with Crippen LogP contribution < -0.4 is 0 Å². The lowest BCUT2D eigenvalue weighted by Crippen LogP contribution is -2.37. The summed E-state index contributed by atoms with van der Waals surface area (Å²) in [5.74, 6) is -0.644. The van der Waals surface area contributed by atoms with Gasteiger partial charge in [0.2, 0.25) is 0 Å². The van der Waals surface area contributed by atoms with Crippen molar-refractivity contribution in [1.29, 1.82) is 0 Å². The van der Waals surface area contributed by atoms with Crippen molar-refractivity contribution in [2.75, 3.05) is 0 Å². The van der Waals surface area contributed by atoms with Crippen LogP contribution in [0, 0.1) is 5.82 Å². The van der Waals surface area contributed by atoms with Gasteiger partial charge in [0.1, 0.15) is 11.4 Å². The summed E-state index contributed by atoms with van der Waals surface area (Å²) in [6.07, 6.45) is 6.47. The van der Waals surface area contributed by atoms with Gasteiger partial charge >= 0.3 is 0 Å². The van der Waals surface area contributed by atoms with Crippen molar-refractivity contribution in [1.82, 2.24) is 30.2 Å². The minimum absolute atomic E-state index is 0.367. The summed E-state index contributed by atoms with van der Waals surface area (Å²) in [7, 11) is 0. The number of hydrogen-bond donors (Lipinski definition) is 1. The SMILES string of the molecule is CCn1nnnc1C(c1ccc(F)cc1)C(O)(c1cccnc1)c1cccnc1. The number of pyridine rings is 2. The van der Waals surface area contributed by atoms with E-state index in [0.29, 0.717) is 29.1 Å². The molecule has 3 aromatic heterocycles. The molecule has 1 aromatic carbocycles. The third kappa shape index (κ3) is 3.38. The Bertz CT molecular complexity index is 1030. The van der Waals surface area contributed by atoms with Gasteiger partial charge < -0.3 is 5.11 Å². The highest BCUT2D eigenvalue weighted by molar-refractivity contribution is 5.43. The number of aromatic nitrogens is 6. The molecule has 7 nitrogen and oxygen atoms in total. The van der Waals surface area contributed by atoms with Gasteiger partial charge in [-0.15, -0.1) is 5.10 Å². The molecule has 4 aromatic rings.